The smallest absolute Gasteiger partial charge is 0.307 e. The topological polar surface area (TPSA) is 70.4 Å². The highest BCUT2D eigenvalue weighted by atomic mass is 16.4. The number of nitrogens with zero attached hydrogens (tertiary/aromatic N) is 1. The van der Waals surface area contributed by atoms with E-state index in [0.717, 1.165) is 44.2 Å². The van der Waals surface area contributed by atoms with E-state index < -0.39 is 11.6 Å². The zero-order valence-electron chi connectivity index (χ0n) is 18.9. The molecule has 0 aliphatic heterocycles. The molecule has 4 aromatic rings. The van der Waals surface area contributed by atoms with Crippen molar-refractivity contribution in [3.63, 3.8) is 0 Å². The van der Waals surface area contributed by atoms with Gasteiger partial charge in [0, 0.05) is 18.0 Å². The molecule has 0 spiro atoms. The van der Waals surface area contributed by atoms with Gasteiger partial charge in [0.2, 0.25) is 0 Å². The third-order valence-electron chi connectivity index (χ3n) is 5.83. The van der Waals surface area contributed by atoms with Gasteiger partial charge >= 0.3 is 5.97 Å². The van der Waals surface area contributed by atoms with Gasteiger partial charge in [0.15, 0.2) is 0 Å². The molecule has 1 atom stereocenters. The van der Waals surface area contributed by atoms with E-state index >= 15 is 0 Å². The first-order valence-electron chi connectivity index (χ1n) is 10.8. The van der Waals surface area contributed by atoms with Crippen LogP contribution in [0.25, 0.3) is 21.9 Å². The molecule has 33 heavy (non-hydrogen) atoms. The number of hydrogen-bond acceptors (Lipinski definition) is 3. The van der Waals surface area contributed by atoms with Crippen molar-refractivity contribution in [3.8, 4) is 23.0 Å². The molecule has 164 valence electrons. The SMILES string of the molecule is Cc1ccc(-c2c(CC(=O)O)c(C)cc3ccc(C#CC(C)(O)c4ccncc4)cc23)cc1. The molecule has 0 bridgehead atoms. The third-order valence-corrected chi connectivity index (χ3v) is 5.83. The van der Waals surface area contributed by atoms with E-state index in [0.29, 0.717) is 5.56 Å². The number of carbonyl (C=O) groups is 1. The van der Waals surface area contributed by atoms with Crippen LogP contribution in [0, 0.1) is 25.7 Å². The molecule has 4 heteroatoms. The Morgan fingerprint density at radius 3 is 2.36 bits per heavy atom. The second-order valence-corrected chi connectivity index (χ2v) is 8.48. The first-order valence-corrected chi connectivity index (χ1v) is 10.8. The number of carboxylic acids is 1. The lowest BCUT2D eigenvalue weighted by Crippen LogP contribution is -2.18. The molecule has 2 N–H and O–H groups in total. The number of rotatable bonds is 4. The van der Waals surface area contributed by atoms with Gasteiger partial charge in [-0.05, 0) is 83.6 Å². The van der Waals surface area contributed by atoms with Crippen LogP contribution >= 0.6 is 0 Å². The lowest BCUT2D eigenvalue weighted by Gasteiger charge is -2.17. The molecule has 0 saturated heterocycles. The minimum Gasteiger partial charge on any atom is -0.481 e. The fraction of sp³-hybridized carbons (Fsp3) is 0.172. The molecule has 1 aromatic heterocycles. The van der Waals surface area contributed by atoms with E-state index in [-0.39, 0.29) is 6.42 Å². The van der Waals surface area contributed by atoms with Crippen molar-refractivity contribution in [1.29, 1.82) is 0 Å². The van der Waals surface area contributed by atoms with Crippen LogP contribution in [0.4, 0.5) is 0 Å². The fourth-order valence-corrected chi connectivity index (χ4v) is 4.03. The summed E-state index contributed by atoms with van der Waals surface area (Å²) in [5.41, 5.74) is 4.87. The van der Waals surface area contributed by atoms with Crippen molar-refractivity contribution in [1.82, 2.24) is 4.98 Å². The summed E-state index contributed by atoms with van der Waals surface area (Å²) in [5.74, 6) is 5.20. The summed E-state index contributed by atoms with van der Waals surface area (Å²) in [6.45, 7) is 5.64. The van der Waals surface area contributed by atoms with E-state index in [2.05, 4.69) is 16.8 Å². The minimum atomic E-state index is -1.32. The lowest BCUT2D eigenvalue weighted by molar-refractivity contribution is -0.136. The molecule has 4 nitrogen and oxygen atoms in total. The summed E-state index contributed by atoms with van der Waals surface area (Å²) in [7, 11) is 0. The van der Waals surface area contributed by atoms with Crippen LogP contribution in [-0.2, 0) is 16.8 Å². The average molecular weight is 436 g/mol. The molecule has 3 aromatic carbocycles. The summed E-state index contributed by atoms with van der Waals surface area (Å²) >= 11 is 0. The first-order chi connectivity index (χ1) is 15.7. The molecule has 0 amide bonds. The standard InChI is InChI=1S/C29H25NO3/c1-19-4-7-22(8-5-19)28-25(18-27(31)32)20(2)16-23-9-6-21(17-26(23)28)10-13-29(3,33)24-11-14-30-15-12-24/h4-9,11-12,14-17,33H,18H2,1-3H3,(H,31,32). The molecule has 0 aliphatic carbocycles. The van der Waals surface area contributed by atoms with Gasteiger partial charge in [0.1, 0.15) is 5.60 Å². The Balaban J connectivity index is 1.90. The van der Waals surface area contributed by atoms with Crippen LogP contribution in [0.2, 0.25) is 0 Å². The number of aryl methyl sites for hydroxylation is 2. The first kappa shape index (κ1) is 22.3. The predicted octanol–water partition coefficient (Wildman–Crippen LogP) is 5.40. The predicted molar refractivity (Wildman–Crippen MR) is 131 cm³/mol. The number of fused-ring (bicyclic) bond motifs is 1. The van der Waals surface area contributed by atoms with Crippen molar-refractivity contribution < 1.29 is 15.0 Å². The Bertz CT molecular complexity index is 1390. The Morgan fingerprint density at radius 1 is 1.00 bits per heavy atom. The molecular formula is C29H25NO3. The highest BCUT2D eigenvalue weighted by molar-refractivity contribution is 6.01. The maximum absolute atomic E-state index is 11.7. The van der Waals surface area contributed by atoms with Gasteiger partial charge in [0.25, 0.3) is 0 Å². The second kappa shape index (κ2) is 8.90. The van der Waals surface area contributed by atoms with Gasteiger partial charge in [-0.3, -0.25) is 9.78 Å². The average Bonchev–Trinajstić information content (AvgIpc) is 2.79. The molecule has 4 rings (SSSR count). The van der Waals surface area contributed by atoms with Crippen molar-refractivity contribution in [3.05, 3.63) is 101 Å². The highest BCUT2D eigenvalue weighted by Gasteiger charge is 2.20. The Hall–Kier alpha value is -3.94. The lowest BCUT2D eigenvalue weighted by atomic mass is 9.87. The van der Waals surface area contributed by atoms with Crippen LogP contribution in [0.1, 0.15) is 34.7 Å². The van der Waals surface area contributed by atoms with Gasteiger partial charge < -0.3 is 10.2 Å². The fourth-order valence-electron chi connectivity index (χ4n) is 4.03. The summed E-state index contributed by atoms with van der Waals surface area (Å²) in [5, 5.41) is 22.4. The number of pyridine rings is 1. The Kier molecular flexibility index (Phi) is 6.00. The molecule has 1 heterocycles. The van der Waals surface area contributed by atoms with Gasteiger partial charge in [-0.1, -0.05) is 53.8 Å². The van der Waals surface area contributed by atoms with Crippen LogP contribution in [0.5, 0.6) is 0 Å². The molecule has 0 saturated carbocycles. The Morgan fingerprint density at radius 2 is 1.70 bits per heavy atom. The number of aliphatic carboxylic acids is 1. The van der Waals surface area contributed by atoms with Gasteiger partial charge in [-0.25, -0.2) is 0 Å². The van der Waals surface area contributed by atoms with E-state index in [1.807, 2.05) is 62.4 Å². The van der Waals surface area contributed by atoms with Crippen molar-refractivity contribution >= 4 is 16.7 Å². The van der Waals surface area contributed by atoms with Crippen LogP contribution in [0.15, 0.2) is 73.1 Å². The summed E-state index contributed by atoms with van der Waals surface area (Å²) < 4.78 is 0. The van der Waals surface area contributed by atoms with Crippen molar-refractivity contribution in [2.75, 3.05) is 0 Å². The van der Waals surface area contributed by atoms with E-state index in [1.54, 1.807) is 31.5 Å². The molecule has 0 fully saturated rings. The van der Waals surface area contributed by atoms with Crippen LogP contribution in [-0.4, -0.2) is 21.2 Å². The van der Waals surface area contributed by atoms with Gasteiger partial charge in [-0.2, -0.15) is 0 Å². The molecule has 0 radical (unpaired) electrons. The van der Waals surface area contributed by atoms with Crippen LogP contribution in [0.3, 0.4) is 0 Å². The number of aromatic nitrogens is 1. The van der Waals surface area contributed by atoms with Crippen molar-refractivity contribution in [2.24, 2.45) is 0 Å². The summed E-state index contributed by atoms with van der Waals surface area (Å²) in [6.07, 6.45) is 3.20. The number of aliphatic hydroxyl groups is 1. The quantitative estimate of drug-likeness (QED) is 0.421. The normalized spacial score (nSPS) is 12.6. The number of carboxylic acid groups (broad SMARTS) is 1. The highest BCUT2D eigenvalue weighted by Crippen LogP contribution is 2.36. The zero-order valence-corrected chi connectivity index (χ0v) is 18.9. The van der Waals surface area contributed by atoms with Gasteiger partial charge in [0.05, 0.1) is 6.42 Å². The van der Waals surface area contributed by atoms with E-state index in [1.165, 1.54) is 0 Å². The maximum Gasteiger partial charge on any atom is 0.307 e. The maximum atomic E-state index is 11.7. The van der Waals surface area contributed by atoms with E-state index in [9.17, 15) is 15.0 Å². The number of hydrogen-bond donors (Lipinski definition) is 2. The minimum absolute atomic E-state index is 0.0579. The summed E-state index contributed by atoms with van der Waals surface area (Å²) in [6, 6.07) is 19.5. The zero-order chi connectivity index (χ0) is 23.6. The van der Waals surface area contributed by atoms with Gasteiger partial charge in [-0.15, -0.1) is 0 Å². The molecule has 1 unspecified atom stereocenters. The van der Waals surface area contributed by atoms with Crippen LogP contribution < -0.4 is 0 Å². The monoisotopic (exact) mass is 435 g/mol. The van der Waals surface area contributed by atoms with Crippen molar-refractivity contribution in [2.45, 2.75) is 32.8 Å². The molecular weight excluding hydrogens is 410 g/mol. The third kappa shape index (κ3) is 4.79. The second-order valence-electron chi connectivity index (χ2n) is 8.48. The largest absolute Gasteiger partial charge is 0.481 e. The molecule has 0 aliphatic rings. The summed E-state index contributed by atoms with van der Waals surface area (Å²) in [4.78, 5) is 15.6. The number of benzene rings is 3. The Labute approximate surface area is 193 Å². The van der Waals surface area contributed by atoms with E-state index in [4.69, 9.17) is 0 Å².